The summed E-state index contributed by atoms with van der Waals surface area (Å²) in [5.41, 5.74) is -1.77. The highest BCUT2D eigenvalue weighted by Gasteiger charge is 2.56. The van der Waals surface area contributed by atoms with Gasteiger partial charge in [0.15, 0.2) is 17.3 Å². The fourth-order valence-corrected chi connectivity index (χ4v) is 3.81. The van der Waals surface area contributed by atoms with E-state index in [4.69, 9.17) is 9.84 Å². The minimum Gasteiger partial charge on any atom is -0.507 e. The Hall–Kier alpha value is -3.62. The number of hydrogen-bond donors (Lipinski definition) is 4. The number of carbonyl (C=O) groups is 4. The third kappa shape index (κ3) is 2.85. The van der Waals surface area contributed by atoms with Crippen molar-refractivity contribution in [3.05, 3.63) is 39.8 Å². The number of nitrogens with one attached hydrogen (secondary N) is 1. The van der Waals surface area contributed by atoms with Crippen LogP contribution in [-0.2, 0) is 19.8 Å². The second-order valence-electron chi connectivity index (χ2n) is 7.46. The zero-order valence-corrected chi connectivity index (χ0v) is 16.9. The van der Waals surface area contributed by atoms with Gasteiger partial charge >= 0.3 is 5.97 Å². The van der Waals surface area contributed by atoms with E-state index in [0.29, 0.717) is 0 Å². The largest absolute Gasteiger partial charge is 0.507 e. The van der Waals surface area contributed by atoms with Crippen LogP contribution in [0.5, 0.6) is 17.2 Å². The van der Waals surface area contributed by atoms with E-state index < -0.39 is 40.2 Å². The second-order valence-corrected chi connectivity index (χ2v) is 7.46. The van der Waals surface area contributed by atoms with Gasteiger partial charge in [-0.15, -0.1) is 0 Å². The Bertz CT molecular complexity index is 1090. The van der Waals surface area contributed by atoms with E-state index >= 15 is 0 Å². The molecule has 0 spiro atoms. The number of aliphatic carboxylic acids is 1. The Morgan fingerprint density at radius 3 is 2.37 bits per heavy atom. The molecule has 2 aliphatic rings. The fourth-order valence-electron chi connectivity index (χ4n) is 3.81. The topological polar surface area (TPSA) is 150 Å². The summed E-state index contributed by atoms with van der Waals surface area (Å²) < 4.78 is 5.66. The maximum atomic E-state index is 13.5. The van der Waals surface area contributed by atoms with Gasteiger partial charge in [-0.2, -0.15) is 0 Å². The lowest BCUT2D eigenvalue weighted by Crippen LogP contribution is -2.41. The molecule has 0 aromatic heterocycles. The number of Topliss-reactive ketones (excluding diaryl/α,β-unsaturated/α-hetero) is 2. The van der Waals surface area contributed by atoms with Gasteiger partial charge in [-0.05, 0) is 27.7 Å². The van der Waals surface area contributed by atoms with Crippen LogP contribution >= 0.6 is 0 Å². The van der Waals surface area contributed by atoms with Gasteiger partial charge in [0.25, 0.3) is 0 Å². The van der Waals surface area contributed by atoms with Gasteiger partial charge in [0.05, 0.1) is 17.6 Å². The summed E-state index contributed by atoms with van der Waals surface area (Å²) in [7, 11) is 0. The molecule has 1 heterocycles. The van der Waals surface area contributed by atoms with E-state index in [9.17, 15) is 29.4 Å². The van der Waals surface area contributed by atoms with Crippen LogP contribution in [0.2, 0.25) is 0 Å². The molecule has 1 atom stereocenters. The summed E-state index contributed by atoms with van der Waals surface area (Å²) >= 11 is 0. The summed E-state index contributed by atoms with van der Waals surface area (Å²) in [6.45, 7) is 5.57. The van der Waals surface area contributed by atoms with Crippen LogP contribution in [0.1, 0.15) is 48.7 Å². The van der Waals surface area contributed by atoms with Crippen molar-refractivity contribution in [3.8, 4) is 17.2 Å². The second kappa shape index (κ2) is 7.01. The van der Waals surface area contributed by atoms with Crippen LogP contribution in [0.4, 0.5) is 0 Å². The summed E-state index contributed by atoms with van der Waals surface area (Å²) in [5, 5.41) is 32.6. The summed E-state index contributed by atoms with van der Waals surface area (Å²) in [6.07, 6.45) is 0.896. The molecule has 9 nitrogen and oxygen atoms in total. The number of carboxylic acids is 1. The number of allylic oxidation sites excluding steroid dienone is 4. The van der Waals surface area contributed by atoms with Gasteiger partial charge in [-0.25, -0.2) is 0 Å². The zero-order valence-electron chi connectivity index (χ0n) is 16.9. The average Bonchev–Trinajstić information content (AvgIpc) is 2.93. The number of carbonyl (C=O) groups excluding carboxylic acids is 3. The number of fused-ring (bicyclic) bond motifs is 3. The Morgan fingerprint density at radius 1 is 1.17 bits per heavy atom. The van der Waals surface area contributed by atoms with E-state index in [-0.39, 0.29) is 52.4 Å². The van der Waals surface area contributed by atoms with E-state index in [1.165, 1.54) is 27.7 Å². The van der Waals surface area contributed by atoms with Crippen molar-refractivity contribution in [2.24, 2.45) is 0 Å². The molecule has 0 bridgehead atoms. The van der Waals surface area contributed by atoms with Gasteiger partial charge in [0.1, 0.15) is 34.0 Å². The van der Waals surface area contributed by atoms with Crippen molar-refractivity contribution in [2.45, 2.75) is 39.5 Å². The quantitative estimate of drug-likeness (QED) is 0.320. The van der Waals surface area contributed by atoms with Crippen LogP contribution in [-0.4, -0.2) is 45.2 Å². The van der Waals surface area contributed by atoms with Crippen LogP contribution in [0.25, 0.3) is 0 Å². The Labute approximate surface area is 171 Å². The number of phenolic OH excluding ortho intramolecular Hbond substituents is 2. The van der Waals surface area contributed by atoms with Crippen molar-refractivity contribution in [1.82, 2.24) is 5.32 Å². The van der Waals surface area contributed by atoms with Gasteiger partial charge in [0, 0.05) is 23.9 Å². The Morgan fingerprint density at radius 2 is 1.80 bits per heavy atom. The molecule has 3 rings (SSSR count). The van der Waals surface area contributed by atoms with Crippen molar-refractivity contribution in [1.29, 1.82) is 0 Å². The molecule has 0 saturated carbocycles. The molecule has 9 heteroatoms. The highest BCUT2D eigenvalue weighted by atomic mass is 16.5. The molecule has 0 fully saturated rings. The maximum Gasteiger partial charge on any atom is 0.305 e. The minimum absolute atomic E-state index is 0.00239. The van der Waals surface area contributed by atoms with Crippen LogP contribution in [0.3, 0.4) is 0 Å². The molecule has 1 aromatic rings. The lowest BCUT2D eigenvalue weighted by molar-refractivity contribution is -0.136. The lowest BCUT2D eigenvalue weighted by atomic mass is 9.70. The predicted molar refractivity (Wildman–Crippen MR) is 104 cm³/mol. The Kier molecular flexibility index (Phi) is 4.93. The van der Waals surface area contributed by atoms with E-state index in [2.05, 4.69) is 5.32 Å². The number of benzene rings is 1. The van der Waals surface area contributed by atoms with Crippen LogP contribution < -0.4 is 10.1 Å². The third-order valence-corrected chi connectivity index (χ3v) is 5.49. The molecule has 1 unspecified atom stereocenters. The van der Waals surface area contributed by atoms with E-state index in [1.807, 2.05) is 0 Å². The first-order valence-electron chi connectivity index (χ1n) is 9.18. The first-order chi connectivity index (χ1) is 13.9. The summed E-state index contributed by atoms with van der Waals surface area (Å²) in [5.74, 6) is -3.96. The standard InChI is InChI=1S/C21H21NO8/c1-8-17(27)15(10(3)23)19-16(18(8)28)21(4)12(30-19)7-11(24)14(20(21)29)9(2)22-6-5-13(25)26/h7,22,27-28H,5-6H2,1-4H3,(H,25,26). The zero-order chi connectivity index (χ0) is 22.5. The van der Waals surface area contributed by atoms with Crippen LogP contribution in [0, 0.1) is 6.92 Å². The molecule has 4 N–H and O–H groups in total. The fraction of sp³-hybridized carbons (Fsp3) is 0.333. The van der Waals surface area contributed by atoms with Crippen molar-refractivity contribution < 1.29 is 39.2 Å². The molecule has 1 aliphatic carbocycles. The van der Waals surface area contributed by atoms with Crippen molar-refractivity contribution in [2.75, 3.05) is 6.54 Å². The first-order valence-corrected chi connectivity index (χ1v) is 9.18. The number of phenols is 2. The molecule has 30 heavy (non-hydrogen) atoms. The van der Waals surface area contributed by atoms with Gasteiger partial charge < -0.3 is 25.4 Å². The van der Waals surface area contributed by atoms with E-state index in [1.54, 1.807) is 0 Å². The van der Waals surface area contributed by atoms with Crippen molar-refractivity contribution >= 4 is 23.3 Å². The number of rotatable bonds is 5. The minimum atomic E-state index is -1.60. The molecule has 0 saturated heterocycles. The highest BCUT2D eigenvalue weighted by molar-refractivity contribution is 6.31. The number of ketones is 3. The molecule has 1 aromatic carbocycles. The van der Waals surface area contributed by atoms with Gasteiger partial charge in [-0.3, -0.25) is 19.2 Å². The summed E-state index contributed by atoms with van der Waals surface area (Å²) in [6, 6.07) is 0. The van der Waals surface area contributed by atoms with E-state index in [0.717, 1.165) is 6.08 Å². The normalized spacial score (nSPS) is 21.4. The summed E-state index contributed by atoms with van der Waals surface area (Å²) in [4.78, 5) is 48.9. The molecule has 158 valence electrons. The smallest absolute Gasteiger partial charge is 0.305 e. The molecule has 0 amide bonds. The average molecular weight is 415 g/mol. The molecular weight excluding hydrogens is 394 g/mol. The number of ether oxygens (including phenoxy) is 1. The lowest BCUT2D eigenvalue weighted by Gasteiger charge is -2.29. The highest BCUT2D eigenvalue weighted by Crippen LogP contribution is 2.57. The number of carboxylic acid groups (broad SMARTS) is 1. The SMILES string of the molecule is CC(=O)c1c(O)c(C)c(O)c2c1OC1=CC(=O)C(=C(C)NCCC(=O)O)C(=O)C12C. The first kappa shape index (κ1) is 21.1. The molecule has 0 radical (unpaired) electrons. The number of hydrogen-bond acceptors (Lipinski definition) is 8. The Balaban J connectivity index is 2.21. The predicted octanol–water partition coefficient (Wildman–Crippen LogP) is 1.63. The van der Waals surface area contributed by atoms with Crippen LogP contribution in [0.15, 0.2) is 23.1 Å². The molecule has 1 aliphatic heterocycles. The maximum absolute atomic E-state index is 13.5. The van der Waals surface area contributed by atoms with Gasteiger partial charge in [0.2, 0.25) is 0 Å². The molecular formula is C21H21NO8. The van der Waals surface area contributed by atoms with Gasteiger partial charge in [-0.1, -0.05) is 0 Å². The number of aromatic hydroxyl groups is 2. The third-order valence-electron chi connectivity index (χ3n) is 5.49. The van der Waals surface area contributed by atoms with Crippen molar-refractivity contribution in [3.63, 3.8) is 0 Å². The monoisotopic (exact) mass is 415 g/mol.